The van der Waals surface area contributed by atoms with E-state index in [2.05, 4.69) is 46.6 Å². The lowest BCUT2D eigenvalue weighted by molar-refractivity contribution is 0.485. The van der Waals surface area contributed by atoms with E-state index in [1.165, 1.54) is 9.88 Å². The van der Waals surface area contributed by atoms with E-state index in [1.54, 1.807) is 22.7 Å². The van der Waals surface area contributed by atoms with Crippen molar-refractivity contribution in [2.75, 3.05) is 6.54 Å². The van der Waals surface area contributed by atoms with Crippen LogP contribution in [0.2, 0.25) is 0 Å². The second kappa shape index (κ2) is 5.18. The van der Waals surface area contributed by atoms with Gasteiger partial charge in [0.15, 0.2) is 0 Å². The number of aromatic nitrogens is 1. The van der Waals surface area contributed by atoms with Crippen molar-refractivity contribution in [2.45, 2.75) is 25.7 Å². The number of halogens is 1. The first-order chi connectivity index (χ1) is 8.03. The average Bonchev–Trinajstić information content (AvgIpc) is 2.85. The summed E-state index contributed by atoms with van der Waals surface area (Å²) in [6.07, 6.45) is 0.966. The fourth-order valence-corrected chi connectivity index (χ4v) is 4.05. The molecule has 0 aromatic carbocycles. The van der Waals surface area contributed by atoms with Gasteiger partial charge in [0.25, 0.3) is 0 Å². The standard InChI is InChI=1S/C12H15BrN2S2/c1-12(2,3-4-14)11-15-9(7-17-11)10-5-8(13)6-16-10/h5-7H,3-4,14H2,1-2H3. The summed E-state index contributed by atoms with van der Waals surface area (Å²) in [5, 5.41) is 5.38. The Bertz CT molecular complexity index is 502. The zero-order valence-electron chi connectivity index (χ0n) is 9.87. The van der Waals surface area contributed by atoms with Crippen molar-refractivity contribution in [3.8, 4) is 10.6 Å². The van der Waals surface area contributed by atoms with Crippen molar-refractivity contribution < 1.29 is 0 Å². The second-order valence-electron chi connectivity index (χ2n) is 4.59. The lowest BCUT2D eigenvalue weighted by Crippen LogP contribution is -2.21. The van der Waals surface area contributed by atoms with Crippen LogP contribution in [0, 0.1) is 0 Å². The van der Waals surface area contributed by atoms with Crippen LogP contribution in [-0.2, 0) is 5.41 Å². The number of thiazole rings is 1. The third-order valence-electron chi connectivity index (χ3n) is 2.67. The van der Waals surface area contributed by atoms with Gasteiger partial charge in [0.05, 0.1) is 15.6 Å². The van der Waals surface area contributed by atoms with E-state index in [0.29, 0.717) is 6.54 Å². The Morgan fingerprint density at radius 1 is 1.35 bits per heavy atom. The maximum absolute atomic E-state index is 5.65. The van der Waals surface area contributed by atoms with Gasteiger partial charge in [-0.25, -0.2) is 4.98 Å². The first-order valence-corrected chi connectivity index (χ1v) is 7.98. The Labute approximate surface area is 118 Å². The van der Waals surface area contributed by atoms with E-state index >= 15 is 0 Å². The molecule has 0 atom stereocenters. The minimum atomic E-state index is 0.0756. The van der Waals surface area contributed by atoms with Crippen molar-refractivity contribution in [1.29, 1.82) is 0 Å². The molecule has 0 aliphatic rings. The summed E-state index contributed by atoms with van der Waals surface area (Å²) >= 11 is 6.91. The van der Waals surface area contributed by atoms with E-state index < -0.39 is 0 Å². The van der Waals surface area contributed by atoms with E-state index in [1.807, 2.05) is 0 Å². The van der Waals surface area contributed by atoms with Gasteiger partial charge in [-0.15, -0.1) is 22.7 Å². The van der Waals surface area contributed by atoms with E-state index in [0.717, 1.165) is 16.6 Å². The number of hydrogen-bond donors (Lipinski definition) is 1. The van der Waals surface area contributed by atoms with Gasteiger partial charge in [0.2, 0.25) is 0 Å². The number of thiophene rings is 1. The molecule has 5 heteroatoms. The predicted octanol–water partition coefficient (Wildman–Crippen LogP) is 4.26. The molecule has 0 aliphatic carbocycles. The lowest BCUT2D eigenvalue weighted by Gasteiger charge is -2.20. The third-order valence-corrected chi connectivity index (χ3v) is 5.59. The highest BCUT2D eigenvalue weighted by Gasteiger charge is 2.23. The smallest absolute Gasteiger partial charge is 0.0989 e. The Morgan fingerprint density at radius 2 is 2.12 bits per heavy atom. The van der Waals surface area contributed by atoms with Crippen molar-refractivity contribution in [2.24, 2.45) is 5.73 Å². The molecule has 0 unspecified atom stereocenters. The molecule has 17 heavy (non-hydrogen) atoms. The molecule has 2 heterocycles. The highest BCUT2D eigenvalue weighted by Crippen LogP contribution is 2.35. The summed E-state index contributed by atoms with van der Waals surface area (Å²) in [7, 11) is 0. The molecule has 2 rings (SSSR count). The van der Waals surface area contributed by atoms with Gasteiger partial charge in [-0.05, 0) is 35.0 Å². The highest BCUT2D eigenvalue weighted by atomic mass is 79.9. The predicted molar refractivity (Wildman–Crippen MR) is 79.8 cm³/mol. The number of nitrogens with zero attached hydrogens (tertiary/aromatic N) is 1. The van der Waals surface area contributed by atoms with Crippen molar-refractivity contribution in [3.05, 3.63) is 26.3 Å². The fourth-order valence-electron chi connectivity index (χ4n) is 1.61. The van der Waals surface area contributed by atoms with E-state index in [4.69, 9.17) is 10.7 Å². The molecule has 0 saturated heterocycles. The molecule has 0 fully saturated rings. The molecule has 0 aliphatic heterocycles. The van der Waals surface area contributed by atoms with E-state index in [9.17, 15) is 0 Å². The molecule has 0 radical (unpaired) electrons. The summed E-state index contributed by atoms with van der Waals surface area (Å²) in [5.74, 6) is 0. The van der Waals surface area contributed by atoms with Gasteiger partial charge < -0.3 is 5.73 Å². The quantitative estimate of drug-likeness (QED) is 0.909. The molecular formula is C12H15BrN2S2. The highest BCUT2D eigenvalue weighted by molar-refractivity contribution is 9.10. The molecule has 0 saturated carbocycles. The Hall–Kier alpha value is -0.230. The molecule has 2 N–H and O–H groups in total. The summed E-state index contributed by atoms with van der Waals surface area (Å²) in [6, 6.07) is 2.11. The molecule has 2 aromatic heterocycles. The normalized spacial score (nSPS) is 12.0. The molecule has 2 aromatic rings. The van der Waals surface area contributed by atoms with Crippen LogP contribution in [0.15, 0.2) is 21.3 Å². The number of rotatable bonds is 4. The monoisotopic (exact) mass is 330 g/mol. The lowest BCUT2D eigenvalue weighted by atomic mass is 9.90. The van der Waals surface area contributed by atoms with Crippen LogP contribution < -0.4 is 5.73 Å². The number of nitrogens with two attached hydrogens (primary N) is 1. The van der Waals surface area contributed by atoms with Crippen molar-refractivity contribution in [1.82, 2.24) is 4.98 Å². The van der Waals surface area contributed by atoms with Crippen LogP contribution >= 0.6 is 38.6 Å². The van der Waals surface area contributed by atoms with Crippen LogP contribution in [0.1, 0.15) is 25.3 Å². The molecule has 0 bridgehead atoms. The fraction of sp³-hybridized carbons (Fsp3) is 0.417. The van der Waals surface area contributed by atoms with Gasteiger partial charge in [0.1, 0.15) is 0 Å². The van der Waals surface area contributed by atoms with Crippen molar-refractivity contribution in [3.63, 3.8) is 0 Å². The maximum atomic E-state index is 5.65. The Kier molecular flexibility index (Phi) is 4.02. The maximum Gasteiger partial charge on any atom is 0.0989 e. The summed E-state index contributed by atoms with van der Waals surface area (Å²) in [5.41, 5.74) is 6.80. The SMILES string of the molecule is CC(C)(CCN)c1nc(-c2cc(Br)cs2)cs1. The van der Waals surface area contributed by atoms with Gasteiger partial charge in [-0.1, -0.05) is 13.8 Å². The minimum absolute atomic E-state index is 0.0756. The topological polar surface area (TPSA) is 38.9 Å². The molecule has 0 spiro atoms. The largest absolute Gasteiger partial charge is 0.330 e. The first-order valence-electron chi connectivity index (χ1n) is 5.43. The number of hydrogen-bond acceptors (Lipinski definition) is 4. The third kappa shape index (κ3) is 2.96. The van der Waals surface area contributed by atoms with E-state index in [-0.39, 0.29) is 5.41 Å². The molecule has 92 valence electrons. The zero-order chi connectivity index (χ0) is 12.5. The van der Waals surface area contributed by atoms with Crippen molar-refractivity contribution >= 4 is 38.6 Å². The molecule has 0 amide bonds. The summed E-state index contributed by atoms with van der Waals surface area (Å²) in [4.78, 5) is 5.95. The van der Waals surface area contributed by atoms with Crippen LogP contribution in [0.5, 0.6) is 0 Å². The van der Waals surface area contributed by atoms with Crippen LogP contribution in [0.4, 0.5) is 0 Å². The second-order valence-corrected chi connectivity index (χ2v) is 7.27. The van der Waals surface area contributed by atoms with Gasteiger partial charge in [-0.2, -0.15) is 0 Å². The molecule has 2 nitrogen and oxygen atoms in total. The van der Waals surface area contributed by atoms with Gasteiger partial charge >= 0.3 is 0 Å². The average molecular weight is 331 g/mol. The van der Waals surface area contributed by atoms with Crippen LogP contribution in [-0.4, -0.2) is 11.5 Å². The minimum Gasteiger partial charge on any atom is -0.330 e. The van der Waals surface area contributed by atoms with Crippen LogP contribution in [0.25, 0.3) is 10.6 Å². The summed E-state index contributed by atoms with van der Waals surface area (Å²) in [6.45, 7) is 5.10. The van der Waals surface area contributed by atoms with Gasteiger partial charge in [0, 0.05) is 20.6 Å². The zero-order valence-corrected chi connectivity index (χ0v) is 13.1. The Balaban J connectivity index is 2.27. The Morgan fingerprint density at radius 3 is 2.71 bits per heavy atom. The summed E-state index contributed by atoms with van der Waals surface area (Å²) < 4.78 is 1.12. The van der Waals surface area contributed by atoms with Gasteiger partial charge in [-0.3, -0.25) is 0 Å². The first kappa shape index (κ1) is 13.2. The molecular weight excluding hydrogens is 316 g/mol. The van der Waals surface area contributed by atoms with Crippen LogP contribution in [0.3, 0.4) is 0 Å².